The van der Waals surface area contributed by atoms with Gasteiger partial charge in [-0.2, -0.15) is 0 Å². The van der Waals surface area contributed by atoms with E-state index in [9.17, 15) is 0 Å². The number of pyridine rings is 2. The Morgan fingerprint density at radius 1 is 0.280 bits per heavy atom. The van der Waals surface area contributed by atoms with Gasteiger partial charge in [-0.15, -0.1) is 0 Å². The van der Waals surface area contributed by atoms with Crippen LogP contribution in [0.4, 0.5) is 0 Å². The molecule has 234 valence electrons. The Kier molecular flexibility index (Phi) is 7.53. The van der Waals surface area contributed by atoms with E-state index in [1.807, 2.05) is 12.3 Å². The first kappa shape index (κ1) is 29.5. The van der Waals surface area contributed by atoms with Crippen LogP contribution in [0.2, 0.25) is 0 Å². The molecule has 2 aromatic heterocycles. The van der Waals surface area contributed by atoms with Gasteiger partial charge < -0.3 is 0 Å². The van der Waals surface area contributed by atoms with Crippen LogP contribution < -0.4 is 0 Å². The smallest absolute Gasteiger partial charge is 0.0716 e. The standard InChI is InChI=1S/C48H32N2/c1-3-10-33(11-4-1)35-18-20-37(21-19-35)39-26-27-47-45(31-39)44(32-48(50-47)38-24-22-36(23-25-38)34-12-5-2-6-13-34)41-15-9-14-40(30-41)42-28-29-49-46-17-8-7-16-43(42)46/h1-32H. The third kappa shape index (κ3) is 5.63. The molecule has 2 nitrogen and oxygen atoms in total. The highest BCUT2D eigenvalue weighted by Crippen LogP contribution is 2.38. The minimum absolute atomic E-state index is 0.951. The third-order valence-electron chi connectivity index (χ3n) is 9.56. The second-order valence-corrected chi connectivity index (χ2v) is 12.6. The summed E-state index contributed by atoms with van der Waals surface area (Å²) in [4.78, 5) is 9.85. The minimum Gasteiger partial charge on any atom is -0.256 e. The number of nitrogens with zero attached hydrogens (tertiary/aromatic N) is 2. The Hall–Kier alpha value is -6.64. The number of aromatic nitrogens is 2. The van der Waals surface area contributed by atoms with Gasteiger partial charge in [-0.1, -0.05) is 152 Å². The van der Waals surface area contributed by atoms with Crippen LogP contribution in [-0.2, 0) is 0 Å². The molecule has 50 heavy (non-hydrogen) atoms. The summed E-state index contributed by atoms with van der Waals surface area (Å²) in [6, 6.07) is 66.9. The third-order valence-corrected chi connectivity index (χ3v) is 9.56. The first-order valence-electron chi connectivity index (χ1n) is 17.0. The van der Waals surface area contributed by atoms with Gasteiger partial charge in [0.15, 0.2) is 0 Å². The highest BCUT2D eigenvalue weighted by atomic mass is 14.7. The summed E-state index contributed by atoms with van der Waals surface area (Å²) in [5, 5.41) is 2.27. The molecule has 0 bridgehead atoms. The highest BCUT2D eigenvalue weighted by molar-refractivity contribution is 6.01. The molecular formula is C48H32N2. The fourth-order valence-corrected chi connectivity index (χ4v) is 6.94. The van der Waals surface area contributed by atoms with Crippen LogP contribution in [0.25, 0.3) is 88.7 Å². The average molecular weight is 637 g/mol. The van der Waals surface area contributed by atoms with Crippen LogP contribution in [0.1, 0.15) is 0 Å². The quantitative estimate of drug-likeness (QED) is 0.181. The zero-order valence-electron chi connectivity index (χ0n) is 27.4. The van der Waals surface area contributed by atoms with Crippen molar-refractivity contribution in [2.45, 2.75) is 0 Å². The van der Waals surface area contributed by atoms with E-state index >= 15 is 0 Å². The maximum absolute atomic E-state index is 5.24. The molecule has 0 aliphatic heterocycles. The molecule has 0 amide bonds. The van der Waals surface area contributed by atoms with E-state index in [0.717, 1.165) is 55.3 Å². The number of hydrogen-bond donors (Lipinski definition) is 0. The molecule has 2 heteroatoms. The maximum atomic E-state index is 5.24. The van der Waals surface area contributed by atoms with Gasteiger partial charge >= 0.3 is 0 Å². The summed E-state index contributed by atoms with van der Waals surface area (Å²) in [6.07, 6.45) is 1.90. The molecule has 0 atom stereocenters. The Labute approximate surface area is 292 Å². The molecule has 9 aromatic rings. The number of rotatable bonds is 6. The fourth-order valence-electron chi connectivity index (χ4n) is 6.94. The molecule has 7 aromatic carbocycles. The van der Waals surface area contributed by atoms with Gasteiger partial charge in [-0.3, -0.25) is 4.98 Å². The molecule has 9 rings (SSSR count). The average Bonchev–Trinajstić information content (AvgIpc) is 3.21. The Morgan fingerprint density at radius 2 is 0.800 bits per heavy atom. The van der Waals surface area contributed by atoms with Crippen molar-refractivity contribution in [2.24, 2.45) is 0 Å². The zero-order chi connectivity index (χ0) is 33.3. The second-order valence-electron chi connectivity index (χ2n) is 12.6. The normalized spacial score (nSPS) is 11.2. The number of benzene rings is 7. The van der Waals surface area contributed by atoms with Gasteiger partial charge in [0.05, 0.1) is 16.7 Å². The van der Waals surface area contributed by atoms with E-state index in [4.69, 9.17) is 4.98 Å². The Morgan fingerprint density at radius 3 is 1.48 bits per heavy atom. The topological polar surface area (TPSA) is 25.8 Å². The number of hydrogen-bond acceptors (Lipinski definition) is 2. The van der Waals surface area contributed by atoms with Crippen LogP contribution >= 0.6 is 0 Å². The molecule has 0 aliphatic rings. The molecule has 0 saturated carbocycles. The van der Waals surface area contributed by atoms with Gasteiger partial charge in [0.1, 0.15) is 0 Å². The lowest BCUT2D eigenvalue weighted by Gasteiger charge is -2.14. The predicted molar refractivity (Wildman–Crippen MR) is 210 cm³/mol. The molecule has 0 saturated heterocycles. The Bertz CT molecular complexity index is 2600. The van der Waals surface area contributed by atoms with Crippen molar-refractivity contribution in [1.29, 1.82) is 0 Å². The van der Waals surface area contributed by atoms with Crippen LogP contribution in [0.15, 0.2) is 194 Å². The molecule has 0 unspecified atom stereocenters. The van der Waals surface area contributed by atoms with Crippen LogP contribution in [0.3, 0.4) is 0 Å². The van der Waals surface area contributed by atoms with Crippen LogP contribution in [0.5, 0.6) is 0 Å². The van der Waals surface area contributed by atoms with Crippen molar-refractivity contribution in [3.8, 4) is 66.9 Å². The SMILES string of the molecule is c1ccc(-c2ccc(-c3ccc4nc(-c5ccc(-c6ccccc6)cc5)cc(-c5cccc(-c6ccnc7ccccc67)c5)c4c3)cc2)cc1. The molecule has 0 fully saturated rings. The molecule has 2 heterocycles. The highest BCUT2D eigenvalue weighted by Gasteiger charge is 2.14. The van der Waals surface area contributed by atoms with Crippen molar-refractivity contribution in [3.63, 3.8) is 0 Å². The summed E-state index contributed by atoms with van der Waals surface area (Å²) >= 11 is 0. The molecule has 0 N–H and O–H groups in total. The predicted octanol–water partition coefficient (Wildman–Crippen LogP) is 12.8. The van der Waals surface area contributed by atoms with E-state index in [1.165, 1.54) is 33.4 Å². The van der Waals surface area contributed by atoms with Crippen molar-refractivity contribution < 1.29 is 0 Å². The minimum atomic E-state index is 0.951. The lowest BCUT2D eigenvalue weighted by Crippen LogP contribution is -1.92. The zero-order valence-corrected chi connectivity index (χ0v) is 27.4. The molecule has 0 aliphatic carbocycles. The fraction of sp³-hybridized carbons (Fsp3) is 0. The largest absolute Gasteiger partial charge is 0.256 e. The van der Waals surface area contributed by atoms with Crippen LogP contribution in [-0.4, -0.2) is 9.97 Å². The van der Waals surface area contributed by atoms with Crippen LogP contribution in [0, 0.1) is 0 Å². The summed E-state index contributed by atoms with van der Waals surface area (Å²) in [5.41, 5.74) is 15.8. The second kappa shape index (κ2) is 12.8. The van der Waals surface area contributed by atoms with Gasteiger partial charge in [-0.05, 0) is 92.0 Å². The monoisotopic (exact) mass is 636 g/mol. The van der Waals surface area contributed by atoms with Crippen molar-refractivity contribution in [3.05, 3.63) is 194 Å². The van der Waals surface area contributed by atoms with Gasteiger partial charge in [0.2, 0.25) is 0 Å². The number of fused-ring (bicyclic) bond motifs is 2. The van der Waals surface area contributed by atoms with E-state index in [2.05, 4.69) is 187 Å². The summed E-state index contributed by atoms with van der Waals surface area (Å²) in [5.74, 6) is 0. The lowest BCUT2D eigenvalue weighted by molar-refractivity contribution is 1.39. The molecule has 0 radical (unpaired) electrons. The first-order chi connectivity index (χ1) is 24.8. The van der Waals surface area contributed by atoms with Gasteiger partial charge in [0, 0.05) is 22.5 Å². The van der Waals surface area contributed by atoms with Gasteiger partial charge in [-0.25, -0.2) is 4.98 Å². The van der Waals surface area contributed by atoms with E-state index in [0.29, 0.717) is 0 Å². The Balaban J connectivity index is 1.18. The molecular weight excluding hydrogens is 605 g/mol. The van der Waals surface area contributed by atoms with Gasteiger partial charge in [0.25, 0.3) is 0 Å². The lowest BCUT2D eigenvalue weighted by atomic mass is 9.92. The number of para-hydroxylation sites is 1. The molecule has 0 spiro atoms. The maximum Gasteiger partial charge on any atom is 0.0716 e. The van der Waals surface area contributed by atoms with E-state index in [-0.39, 0.29) is 0 Å². The summed E-state index contributed by atoms with van der Waals surface area (Å²) in [7, 11) is 0. The van der Waals surface area contributed by atoms with E-state index < -0.39 is 0 Å². The van der Waals surface area contributed by atoms with E-state index in [1.54, 1.807) is 0 Å². The summed E-state index contributed by atoms with van der Waals surface area (Å²) in [6.45, 7) is 0. The van der Waals surface area contributed by atoms with Crippen molar-refractivity contribution >= 4 is 21.8 Å². The van der Waals surface area contributed by atoms with Crippen molar-refractivity contribution in [2.75, 3.05) is 0 Å². The van der Waals surface area contributed by atoms with Crippen molar-refractivity contribution in [1.82, 2.24) is 9.97 Å². The first-order valence-corrected chi connectivity index (χ1v) is 17.0. The summed E-state index contributed by atoms with van der Waals surface area (Å²) < 4.78 is 0.